The normalized spacial score (nSPS) is 14.7. The highest BCUT2D eigenvalue weighted by Gasteiger charge is 2.32. The minimum Gasteiger partial charge on any atom is -0.478 e. The smallest absolute Gasteiger partial charge is 0.327 e. The molecule has 0 aromatic heterocycles. The summed E-state index contributed by atoms with van der Waals surface area (Å²) in [5.74, 6) is -2.06. The Morgan fingerprint density at radius 2 is 1.12 bits per heavy atom. The fourth-order valence-electron chi connectivity index (χ4n) is 3.28. The molecule has 0 amide bonds. The Morgan fingerprint density at radius 3 is 1.45 bits per heavy atom. The molecule has 9 nitrogen and oxygen atoms in total. The average Bonchev–Trinajstić information content (AvgIpc) is 2.65. The van der Waals surface area contributed by atoms with Crippen LogP contribution in [0, 0.1) is 0 Å². The van der Waals surface area contributed by atoms with Crippen molar-refractivity contribution in [2.45, 2.75) is 76.2 Å². The van der Waals surface area contributed by atoms with Gasteiger partial charge in [0.05, 0.1) is 25.4 Å². The molecule has 0 aromatic rings. The van der Waals surface area contributed by atoms with Gasteiger partial charge in [-0.3, -0.25) is 0 Å². The summed E-state index contributed by atoms with van der Waals surface area (Å²) in [6, 6.07) is 1.90. The van der Waals surface area contributed by atoms with Crippen LogP contribution >= 0.6 is 0 Å². The molecule has 2 atom stereocenters. The molecule has 33 heavy (non-hydrogen) atoms. The van der Waals surface area contributed by atoms with E-state index in [2.05, 4.69) is 26.2 Å². The Bertz CT molecular complexity index is 569. The molecule has 0 radical (unpaired) electrons. The molecule has 0 saturated carbocycles. The van der Waals surface area contributed by atoms with Crippen LogP contribution in [0.3, 0.4) is 0 Å². The predicted octanol–water partition coefficient (Wildman–Crippen LogP) is 3.01. The molecule has 0 aliphatic rings. The highest BCUT2D eigenvalue weighted by molar-refractivity contribution is 6.84. The third kappa shape index (κ3) is 21.0. The molecule has 0 spiro atoms. The fraction of sp³-hybridized carbons (Fsp3) is 0.727. The zero-order valence-electron chi connectivity index (χ0n) is 20.4. The molecule has 0 aliphatic heterocycles. The maximum absolute atomic E-state index is 10.4. The van der Waals surface area contributed by atoms with Gasteiger partial charge in [-0.2, -0.15) is 0 Å². The Morgan fingerprint density at radius 1 is 0.758 bits per heavy atom. The summed E-state index contributed by atoms with van der Waals surface area (Å²) < 4.78 is 17.6. The summed E-state index contributed by atoms with van der Waals surface area (Å²) in [4.78, 5) is 20.8. The molecule has 11 heteroatoms. The van der Waals surface area contributed by atoms with Gasteiger partial charge in [0, 0.05) is 25.4 Å². The Hall–Kier alpha value is -1.35. The molecular formula is C22H42O9Si2. The molecule has 0 bridgehead atoms. The van der Waals surface area contributed by atoms with Crippen molar-refractivity contribution in [2.24, 2.45) is 0 Å². The van der Waals surface area contributed by atoms with Gasteiger partial charge in [-0.25, -0.2) is 9.59 Å². The Labute approximate surface area is 199 Å². The quantitative estimate of drug-likeness (QED) is 0.111. The van der Waals surface area contributed by atoms with Crippen LogP contribution in [0.5, 0.6) is 0 Å². The number of hydrogen-bond donors (Lipinski definition) is 4. The van der Waals surface area contributed by atoms with E-state index in [9.17, 15) is 19.8 Å². The number of aliphatic carboxylic acids is 2. The maximum atomic E-state index is 10.4. The van der Waals surface area contributed by atoms with Crippen molar-refractivity contribution in [1.29, 1.82) is 0 Å². The van der Waals surface area contributed by atoms with E-state index in [-0.39, 0.29) is 26.1 Å². The second kappa shape index (κ2) is 17.1. The van der Waals surface area contributed by atoms with Crippen LogP contribution in [0.15, 0.2) is 24.3 Å². The first-order valence-electron chi connectivity index (χ1n) is 11.3. The van der Waals surface area contributed by atoms with Gasteiger partial charge in [0.1, 0.15) is 0 Å². The first-order chi connectivity index (χ1) is 15.3. The number of carboxylic acids is 2. The van der Waals surface area contributed by atoms with Crippen molar-refractivity contribution < 1.29 is 43.6 Å². The number of hydrogen-bond acceptors (Lipinski definition) is 7. The lowest BCUT2D eigenvalue weighted by atomic mass is 10.2. The van der Waals surface area contributed by atoms with E-state index in [1.807, 2.05) is 0 Å². The van der Waals surface area contributed by atoms with Crippen LogP contribution < -0.4 is 0 Å². The van der Waals surface area contributed by atoms with E-state index < -0.39 is 40.8 Å². The van der Waals surface area contributed by atoms with Crippen molar-refractivity contribution in [3.8, 4) is 0 Å². The van der Waals surface area contributed by atoms with Gasteiger partial charge in [0.2, 0.25) is 0 Å². The second-order valence-corrected chi connectivity index (χ2v) is 18.1. The third-order valence-corrected chi connectivity index (χ3v) is 12.2. The summed E-state index contributed by atoms with van der Waals surface area (Å²) in [6.07, 6.45) is 5.63. The minimum absolute atomic E-state index is 0.178. The number of aliphatic hydroxyl groups is 2. The standard InChI is InChI=1S/C22H42O9Si2/c1-32(2,15-7-13-29-17-19(23)9-5-11-21(25)26)31-33(3,4)16-8-14-30-18-20(24)10-6-12-22(27)28/h5-6,11-12,19-20,23-24H,7-10,13-18H2,1-4H3,(H,25,26)(H,27,28). The summed E-state index contributed by atoms with van der Waals surface area (Å²) >= 11 is 0. The number of rotatable bonds is 20. The number of aliphatic hydroxyl groups excluding tert-OH is 2. The summed E-state index contributed by atoms with van der Waals surface area (Å²) in [7, 11) is -3.71. The predicted molar refractivity (Wildman–Crippen MR) is 131 cm³/mol. The minimum atomic E-state index is -1.85. The van der Waals surface area contributed by atoms with E-state index in [4.69, 9.17) is 23.8 Å². The molecule has 0 rings (SSSR count). The molecule has 2 unspecified atom stereocenters. The van der Waals surface area contributed by atoms with Gasteiger partial charge in [0.25, 0.3) is 0 Å². The summed E-state index contributed by atoms with van der Waals surface area (Å²) in [6.45, 7) is 10.2. The van der Waals surface area contributed by atoms with Crippen LogP contribution in [-0.2, 0) is 23.2 Å². The van der Waals surface area contributed by atoms with Crippen LogP contribution in [-0.4, -0.2) is 87.6 Å². The lowest BCUT2D eigenvalue weighted by molar-refractivity contribution is -0.132. The lowest BCUT2D eigenvalue weighted by Crippen LogP contribution is -2.44. The molecule has 0 fully saturated rings. The van der Waals surface area contributed by atoms with Crippen molar-refractivity contribution in [2.75, 3.05) is 26.4 Å². The first kappa shape index (κ1) is 31.7. The number of carboxylic acid groups (broad SMARTS) is 2. The van der Waals surface area contributed by atoms with Crippen molar-refractivity contribution in [3.63, 3.8) is 0 Å². The molecule has 4 N–H and O–H groups in total. The van der Waals surface area contributed by atoms with E-state index in [0.29, 0.717) is 13.2 Å². The molecule has 0 saturated heterocycles. The first-order valence-corrected chi connectivity index (χ1v) is 17.6. The van der Waals surface area contributed by atoms with E-state index >= 15 is 0 Å². The SMILES string of the molecule is C[Si](C)(CCCOCC(O)CC=CC(=O)O)O[Si](C)(C)CCCOCC(O)CC=CC(=O)O. The van der Waals surface area contributed by atoms with Crippen molar-refractivity contribution >= 4 is 28.6 Å². The molecular weight excluding hydrogens is 464 g/mol. The van der Waals surface area contributed by atoms with E-state index in [1.54, 1.807) is 0 Å². The topological polar surface area (TPSA) is 143 Å². The van der Waals surface area contributed by atoms with E-state index in [0.717, 1.165) is 37.1 Å². The third-order valence-electron chi connectivity index (χ3n) is 4.65. The Balaban J connectivity index is 3.99. The van der Waals surface area contributed by atoms with Crippen molar-refractivity contribution in [3.05, 3.63) is 24.3 Å². The van der Waals surface area contributed by atoms with Gasteiger partial charge in [-0.05, 0) is 64.0 Å². The van der Waals surface area contributed by atoms with Crippen LogP contribution in [0.1, 0.15) is 25.7 Å². The molecule has 0 aliphatic carbocycles. The van der Waals surface area contributed by atoms with Gasteiger partial charge in [-0.1, -0.05) is 12.2 Å². The van der Waals surface area contributed by atoms with Crippen LogP contribution in [0.25, 0.3) is 0 Å². The zero-order valence-corrected chi connectivity index (χ0v) is 22.4. The van der Waals surface area contributed by atoms with Crippen LogP contribution in [0.4, 0.5) is 0 Å². The molecule has 0 heterocycles. The number of ether oxygens (including phenoxy) is 2. The lowest BCUT2D eigenvalue weighted by Gasteiger charge is -2.34. The molecule has 0 aromatic carbocycles. The average molecular weight is 507 g/mol. The van der Waals surface area contributed by atoms with Crippen molar-refractivity contribution in [1.82, 2.24) is 0 Å². The highest BCUT2D eigenvalue weighted by Crippen LogP contribution is 2.23. The second-order valence-electron chi connectivity index (χ2n) is 9.24. The maximum Gasteiger partial charge on any atom is 0.327 e. The van der Waals surface area contributed by atoms with Gasteiger partial charge in [0.15, 0.2) is 16.6 Å². The number of carbonyl (C=O) groups is 2. The summed E-state index contributed by atoms with van der Waals surface area (Å²) in [5.41, 5.74) is 0. The van der Waals surface area contributed by atoms with E-state index in [1.165, 1.54) is 12.2 Å². The fourth-order valence-corrected chi connectivity index (χ4v) is 12.1. The Kier molecular flexibility index (Phi) is 16.4. The largest absolute Gasteiger partial charge is 0.478 e. The van der Waals surface area contributed by atoms with Gasteiger partial charge < -0.3 is 34.0 Å². The van der Waals surface area contributed by atoms with Gasteiger partial charge in [-0.15, -0.1) is 0 Å². The molecule has 192 valence electrons. The van der Waals surface area contributed by atoms with Gasteiger partial charge >= 0.3 is 11.9 Å². The highest BCUT2D eigenvalue weighted by atomic mass is 28.4. The summed E-state index contributed by atoms with van der Waals surface area (Å²) in [5, 5.41) is 36.6. The monoisotopic (exact) mass is 506 g/mol. The van der Waals surface area contributed by atoms with Crippen LogP contribution in [0.2, 0.25) is 38.3 Å². The zero-order chi connectivity index (χ0) is 25.3.